The lowest BCUT2D eigenvalue weighted by Crippen LogP contribution is -1.83. The van der Waals surface area contributed by atoms with Crippen molar-refractivity contribution < 1.29 is 15.3 Å². The van der Waals surface area contributed by atoms with E-state index in [1.54, 1.807) is 18.2 Å². The third kappa shape index (κ3) is 3.35. The smallest absolute Gasteiger partial charge is 0.158 e. The van der Waals surface area contributed by atoms with E-state index < -0.39 is 0 Å². The standard InChI is InChI=1S/C15H14N2O3/c1-10-2-3-11(6-14(10)19)8-16-17-9-12-4-5-13(18)15(20)7-12/h2-9,18-20H,1H3/b16-8+,17-9+. The number of hydrogen-bond donors (Lipinski definition) is 3. The van der Waals surface area contributed by atoms with Crippen LogP contribution in [0.4, 0.5) is 0 Å². The van der Waals surface area contributed by atoms with Crippen LogP contribution in [0, 0.1) is 6.92 Å². The lowest BCUT2D eigenvalue weighted by atomic mass is 10.1. The van der Waals surface area contributed by atoms with E-state index in [1.165, 1.54) is 24.6 Å². The quantitative estimate of drug-likeness (QED) is 0.455. The molecule has 102 valence electrons. The second-order valence-corrected chi connectivity index (χ2v) is 4.28. The maximum Gasteiger partial charge on any atom is 0.158 e. The Hall–Kier alpha value is -2.82. The van der Waals surface area contributed by atoms with Gasteiger partial charge in [-0.3, -0.25) is 0 Å². The van der Waals surface area contributed by atoms with Crippen molar-refractivity contribution in [3.8, 4) is 17.2 Å². The number of nitrogens with zero attached hydrogens (tertiary/aromatic N) is 2. The molecular formula is C15H14N2O3. The van der Waals surface area contributed by atoms with Gasteiger partial charge in [0, 0.05) is 0 Å². The van der Waals surface area contributed by atoms with Gasteiger partial charge in [0.15, 0.2) is 11.5 Å². The van der Waals surface area contributed by atoms with Crippen LogP contribution in [-0.2, 0) is 0 Å². The highest BCUT2D eigenvalue weighted by molar-refractivity contribution is 5.83. The topological polar surface area (TPSA) is 85.4 Å². The number of benzene rings is 2. The van der Waals surface area contributed by atoms with Gasteiger partial charge in [0.25, 0.3) is 0 Å². The molecule has 20 heavy (non-hydrogen) atoms. The fourth-order valence-electron chi connectivity index (χ4n) is 1.53. The van der Waals surface area contributed by atoms with E-state index in [2.05, 4.69) is 10.2 Å². The molecule has 0 amide bonds. The molecule has 0 heterocycles. The van der Waals surface area contributed by atoms with E-state index in [1.807, 2.05) is 13.0 Å². The number of rotatable bonds is 3. The van der Waals surface area contributed by atoms with Crippen molar-refractivity contribution >= 4 is 12.4 Å². The van der Waals surface area contributed by atoms with E-state index in [4.69, 9.17) is 5.11 Å². The Labute approximate surface area is 116 Å². The average molecular weight is 270 g/mol. The molecule has 2 rings (SSSR count). The fraction of sp³-hybridized carbons (Fsp3) is 0.0667. The lowest BCUT2D eigenvalue weighted by molar-refractivity contribution is 0.403. The zero-order valence-electron chi connectivity index (χ0n) is 10.9. The predicted octanol–water partition coefficient (Wildman–Crippen LogP) is 2.56. The van der Waals surface area contributed by atoms with Crippen LogP contribution in [0.3, 0.4) is 0 Å². The van der Waals surface area contributed by atoms with Crippen LogP contribution >= 0.6 is 0 Å². The van der Waals surface area contributed by atoms with Crippen molar-refractivity contribution in [1.29, 1.82) is 0 Å². The van der Waals surface area contributed by atoms with Crippen molar-refractivity contribution in [2.75, 3.05) is 0 Å². The maximum absolute atomic E-state index is 9.54. The van der Waals surface area contributed by atoms with Crippen LogP contribution in [0.1, 0.15) is 16.7 Å². The first-order valence-electron chi connectivity index (χ1n) is 5.94. The first-order chi connectivity index (χ1) is 9.56. The van der Waals surface area contributed by atoms with Crippen LogP contribution in [0.25, 0.3) is 0 Å². The van der Waals surface area contributed by atoms with Gasteiger partial charge in [-0.25, -0.2) is 0 Å². The SMILES string of the molecule is Cc1ccc(/C=N/N=C/c2ccc(O)c(O)c2)cc1O. The summed E-state index contributed by atoms with van der Waals surface area (Å²) in [6.45, 7) is 1.81. The van der Waals surface area contributed by atoms with Crippen LogP contribution in [-0.4, -0.2) is 27.7 Å². The average Bonchev–Trinajstić information content (AvgIpc) is 2.42. The third-order valence-corrected chi connectivity index (χ3v) is 2.71. The molecule has 0 bridgehead atoms. The Morgan fingerprint density at radius 2 is 1.30 bits per heavy atom. The number of hydrogen-bond acceptors (Lipinski definition) is 5. The summed E-state index contributed by atoms with van der Waals surface area (Å²) in [5.41, 5.74) is 2.15. The maximum atomic E-state index is 9.54. The largest absolute Gasteiger partial charge is 0.508 e. The molecule has 0 aliphatic heterocycles. The zero-order valence-corrected chi connectivity index (χ0v) is 10.9. The highest BCUT2D eigenvalue weighted by atomic mass is 16.3. The molecule has 0 unspecified atom stereocenters. The molecule has 0 spiro atoms. The van der Waals surface area contributed by atoms with Gasteiger partial charge in [-0.2, -0.15) is 10.2 Å². The van der Waals surface area contributed by atoms with Gasteiger partial charge in [-0.15, -0.1) is 0 Å². The highest BCUT2D eigenvalue weighted by Gasteiger charge is 1.98. The molecular weight excluding hydrogens is 256 g/mol. The van der Waals surface area contributed by atoms with Crippen molar-refractivity contribution in [2.24, 2.45) is 10.2 Å². The Morgan fingerprint density at radius 3 is 1.85 bits per heavy atom. The molecule has 3 N–H and O–H groups in total. The molecule has 5 nitrogen and oxygen atoms in total. The number of aryl methyl sites for hydroxylation is 1. The Kier molecular flexibility index (Phi) is 4.00. The van der Waals surface area contributed by atoms with E-state index >= 15 is 0 Å². The van der Waals surface area contributed by atoms with Crippen molar-refractivity contribution in [2.45, 2.75) is 6.92 Å². The lowest BCUT2D eigenvalue weighted by Gasteiger charge is -1.98. The monoisotopic (exact) mass is 270 g/mol. The minimum absolute atomic E-state index is 0.180. The minimum atomic E-state index is -0.207. The molecule has 5 heteroatoms. The summed E-state index contributed by atoms with van der Waals surface area (Å²) in [7, 11) is 0. The van der Waals surface area contributed by atoms with Crippen molar-refractivity contribution in [3.05, 3.63) is 53.1 Å². The summed E-state index contributed by atoms with van der Waals surface area (Å²) >= 11 is 0. The molecule has 0 aliphatic rings. The van der Waals surface area contributed by atoms with E-state index in [0.717, 1.165) is 11.1 Å². The van der Waals surface area contributed by atoms with Crippen LogP contribution in [0.15, 0.2) is 46.6 Å². The van der Waals surface area contributed by atoms with Crippen LogP contribution in [0.2, 0.25) is 0 Å². The van der Waals surface area contributed by atoms with E-state index in [9.17, 15) is 10.2 Å². The first kappa shape index (κ1) is 13.6. The van der Waals surface area contributed by atoms with E-state index in [-0.39, 0.29) is 17.2 Å². The van der Waals surface area contributed by atoms with Crippen LogP contribution in [0.5, 0.6) is 17.2 Å². The molecule has 0 aliphatic carbocycles. The highest BCUT2D eigenvalue weighted by Crippen LogP contribution is 2.24. The van der Waals surface area contributed by atoms with Crippen LogP contribution < -0.4 is 0 Å². The minimum Gasteiger partial charge on any atom is -0.508 e. The fourth-order valence-corrected chi connectivity index (χ4v) is 1.53. The molecule has 0 saturated heterocycles. The normalized spacial score (nSPS) is 11.4. The van der Waals surface area contributed by atoms with Gasteiger partial charge in [-0.1, -0.05) is 12.1 Å². The molecule has 0 radical (unpaired) electrons. The first-order valence-corrected chi connectivity index (χ1v) is 5.94. The van der Waals surface area contributed by atoms with Crippen molar-refractivity contribution in [1.82, 2.24) is 0 Å². The molecule has 0 fully saturated rings. The van der Waals surface area contributed by atoms with E-state index in [0.29, 0.717) is 5.56 Å². The summed E-state index contributed by atoms with van der Waals surface area (Å²) in [5.74, 6) is -0.177. The molecule has 2 aromatic rings. The third-order valence-electron chi connectivity index (χ3n) is 2.71. The molecule has 0 saturated carbocycles. The van der Waals surface area contributed by atoms with Crippen molar-refractivity contribution in [3.63, 3.8) is 0 Å². The van der Waals surface area contributed by atoms with Gasteiger partial charge < -0.3 is 15.3 Å². The summed E-state index contributed by atoms with van der Waals surface area (Å²) in [6.07, 6.45) is 2.96. The number of phenols is 3. The molecule has 2 aromatic carbocycles. The zero-order chi connectivity index (χ0) is 14.5. The Morgan fingerprint density at radius 1 is 0.750 bits per heavy atom. The Bertz CT molecular complexity index is 619. The molecule has 0 aromatic heterocycles. The second-order valence-electron chi connectivity index (χ2n) is 4.28. The van der Waals surface area contributed by atoms with Gasteiger partial charge in [0.05, 0.1) is 12.4 Å². The summed E-state index contributed by atoms with van der Waals surface area (Å²) in [6, 6.07) is 9.57. The van der Waals surface area contributed by atoms with Gasteiger partial charge in [0.1, 0.15) is 5.75 Å². The van der Waals surface area contributed by atoms with Gasteiger partial charge in [0.2, 0.25) is 0 Å². The molecule has 0 atom stereocenters. The second kappa shape index (κ2) is 5.88. The summed E-state index contributed by atoms with van der Waals surface area (Å²) < 4.78 is 0. The Balaban J connectivity index is 2.06. The predicted molar refractivity (Wildman–Crippen MR) is 77.8 cm³/mol. The summed E-state index contributed by atoms with van der Waals surface area (Å²) in [5, 5.41) is 35.7. The number of phenolic OH excluding ortho intramolecular Hbond substituents is 3. The van der Waals surface area contributed by atoms with Gasteiger partial charge in [-0.05, 0) is 47.9 Å². The number of aromatic hydroxyl groups is 3. The summed E-state index contributed by atoms with van der Waals surface area (Å²) in [4.78, 5) is 0. The van der Waals surface area contributed by atoms with Gasteiger partial charge >= 0.3 is 0 Å².